The van der Waals surface area contributed by atoms with E-state index in [1.54, 1.807) is 30.3 Å². The third-order valence-corrected chi connectivity index (χ3v) is 4.07. The number of hydrogen-bond donors (Lipinski definition) is 1. The molecule has 2 rings (SSSR count). The molecular weight excluding hydrogens is 270 g/mol. The van der Waals surface area contributed by atoms with E-state index in [0.29, 0.717) is 16.0 Å². The molecule has 0 bridgehead atoms. The molecule has 1 fully saturated rings. The number of benzene rings is 1. The van der Waals surface area contributed by atoms with Crippen LogP contribution in [0.25, 0.3) is 0 Å². The molecule has 1 aliphatic heterocycles. The molecule has 1 unspecified atom stereocenters. The fourth-order valence-corrected chi connectivity index (χ4v) is 2.14. The van der Waals surface area contributed by atoms with E-state index < -0.39 is 16.1 Å². The molecular formula is C12H17NO5S. The van der Waals surface area contributed by atoms with Crippen molar-refractivity contribution in [1.29, 1.82) is 0 Å². The number of rotatable bonds is 3. The molecule has 1 amide bonds. The third-order valence-electron chi connectivity index (χ3n) is 2.38. The fraction of sp³-hybridized carbons (Fsp3) is 0.417. The zero-order chi connectivity index (χ0) is 14.5. The zero-order valence-electron chi connectivity index (χ0n) is 10.8. The number of carbonyl (C=O) groups is 1. The molecule has 1 saturated heterocycles. The van der Waals surface area contributed by atoms with Crippen molar-refractivity contribution in [2.24, 2.45) is 0 Å². The van der Waals surface area contributed by atoms with Gasteiger partial charge in [0.2, 0.25) is 10.0 Å². The lowest BCUT2D eigenvalue weighted by molar-refractivity contribution is 0.178. The Labute approximate surface area is 112 Å². The van der Waals surface area contributed by atoms with E-state index in [-0.39, 0.29) is 5.75 Å². The van der Waals surface area contributed by atoms with Crippen molar-refractivity contribution in [2.45, 2.75) is 18.8 Å². The van der Waals surface area contributed by atoms with Crippen molar-refractivity contribution < 1.29 is 23.1 Å². The molecule has 6 nitrogen and oxygen atoms in total. The van der Waals surface area contributed by atoms with Crippen molar-refractivity contribution in [1.82, 2.24) is 4.31 Å². The maximum absolute atomic E-state index is 11.5. The van der Waals surface area contributed by atoms with E-state index in [1.165, 1.54) is 0 Å². The van der Waals surface area contributed by atoms with E-state index >= 15 is 0 Å². The van der Waals surface area contributed by atoms with Crippen molar-refractivity contribution in [3.63, 3.8) is 0 Å². The number of nitrogens with zero attached hydrogens (tertiary/aromatic N) is 1. The molecule has 106 valence electrons. The smallest absolute Gasteiger partial charge is 0.420 e. The molecule has 1 atom stereocenters. The minimum atomic E-state index is -3.78. The molecule has 0 saturated carbocycles. The second-order valence-electron chi connectivity index (χ2n) is 4.14. The van der Waals surface area contributed by atoms with E-state index in [1.807, 2.05) is 0 Å². The highest BCUT2D eigenvalue weighted by Crippen LogP contribution is 2.08. The number of epoxide rings is 1. The van der Waals surface area contributed by atoms with Crippen LogP contribution in [0.4, 0.5) is 4.79 Å². The molecule has 19 heavy (non-hydrogen) atoms. The Hall–Kier alpha value is -1.60. The van der Waals surface area contributed by atoms with Crippen molar-refractivity contribution >= 4 is 16.1 Å². The Bertz CT molecular complexity index is 510. The van der Waals surface area contributed by atoms with Crippen LogP contribution in [0.15, 0.2) is 30.3 Å². The first-order valence-corrected chi connectivity index (χ1v) is 7.29. The Kier molecular flexibility index (Phi) is 5.31. The van der Waals surface area contributed by atoms with Gasteiger partial charge in [-0.15, -0.1) is 0 Å². The Morgan fingerprint density at radius 3 is 2.26 bits per heavy atom. The van der Waals surface area contributed by atoms with E-state index in [0.717, 1.165) is 13.7 Å². The van der Waals surface area contributed by atoms with Crippen LogP contribution in [0, 0.1) is 0 Å². The maximum Gasteiger partial charge on any atom is 0.420 e. The van der Waals surface area contributed by atoms with Gasteiger partial charge in [-0.2, -0.15) is 0 Å². The van der Waals surface area contributed by atoms with Gasteiger partial charge in [0.25, 0.3) is 0 Å². The van der Waals surface area contributed by atoms with E-state index in [9.17, 15) is 13.2 Å². The highest BCUT2D eigenvalue weighted by molar-refractivity contribution is 7.88. The topological polar surface area (TPSA) is 87.2 Å². The van der Waals surface area contributed by atoms with Gasteiger partial charge in [-0.05, 0) is 12.5 Å². The minimum Gasteiger partial charge on any atom is -0.464 e. The summed E-state index contributed by atoms with van der Waals surface area (Å²) < 4.78 is 28.0. The average Bonchev–Trinajstić information content (AvgIpc) is 3.12. The van der Waals surface area contributed by atoms with Gasteiger partial charge in [0, 0.05) is 7.05 Å². The van der Waals surface area contributed by atoms with Gasteiger partial charge in [-0.25, -0.2) is 17.5 Å². The van der Waals surface area contributed by atoms with Gasteiger partial charge in [-0.1, -0.05) is 30.3 Å². The quantitative estimate of drug-likeness (QED) is 0.852. The Morgan fingerprint density at radius 2 is 1.89 bits per heavy atom. The van der Waals surface area contributed by atoms with Crippen LogP contribution in [-0.2, 0) is 20.5 Å². The molecule has 1 N–H and O–H groups in total. The first-order valence-electron chi connectivity index (χ1n) is 5.68. The summed E-state index contributed by atoms with van der Waals surface area (Å²) in [6, 6.07) is 8.43. The normalized spacial score (nSPS) is 17.1. The van der Waals surface area contributed by atoms with Gasteiger partial charge in [0.1, 0.15) is 0 Å². The van der Waals surface area contributed by atoms with Gasteiger partial charge in [-0.3, -0.25) is 0 Å². The number of carboxylic acid groups (broad SMARTS) is 1. The van der Waals surface area contributed by atoms with Crippen LogP contribution in [0.3, 0.4) is 0 Å². The second kappa shape index (κ2) is 6.53. The Morgan fingerprint density at radius 1 is 1.42 bits per heavy atom. The molecule has 0 radical (unpaired) electrons. The number of hydrogen-bond acceptors (Lipinski definition) is 4. The van der Waals surface area contributed by atoms with Crippen LogP contribution in [0.1, 0.15) is 12.5 Å². The fourth-order valence-electron chi connectivity index (χ4n) is 1.10. The summed E-state index contributed by atoms with van der Waals surface area (Å²) in [5.74, 6) is -0.309. The molecule has 7 heteroatoms. The van der Waals surface area contributed by atoms with Gasteiger partial charge in [0.15, 0.2) is 0 Å². The van der Waals surface area contributed by atoms with E-state index in [4.69, 9.17) is 9.84 Å². The summed E-state index contributed by atoms with van der Waals surface area (Å²) in [5.41, 5.74) is 0.561. The van der Waals surface area contributed by atoms with Gasteiger partial charge in [0.05, 0.1) is 18.5 Å². The van der Waals surface area contributed by atoms with Crippen molar-refractivity contribution in [3.8, 4) is 0 Å². The molecule has 1 aromatic rings. The zero-order valence-corrected chi connectivity index (χ0v) is 11.6. The Balaban J connectivity index is 0.000000382. The van der Waals surface area contributed by atoms with Crippen molar-refractivity contribution in [2.75, 3.05) is 13.7 Å². The molecule has 1 heterocycles. The number of amides is 1. The first kappa shape index (κ1) is 15.5. The second-order valence-corrected chi connectivity index (χ2v) is 6.14. The van der Waals surface area contributed by atoms with E-state index in [2.05, 4.69) is 6.92 Å². The highest BCUT2D eigenvalue weighted by Gasteiger charge is 2.22. The number of ether oxygens (including phenoxy) is 1. The molecule has 1 aromatic carbocycles. The summed E-state index contributed by atoms with van der Waals surface area (Å²) in [7, 11) is -2.76. The summed E-state index contributed by atoms with van der Waals surface area (Å²) >= 11 is 0. The predicted molar refractivity (Wildman–Crippen MR) is 70.3 cm³/mol. The monoisotopic (exact) mass is 287 g/mol. The lowest BCUT2D eigenvalue weighted by atomic mass is 10.2. The SMILES string of the molecule is CC1CO1.CN(C(=O)O)S(=O)(=O)Cc1ccccc1. The summed E-state index contributed by atoms with van der Waals surface area (Å²) in [4.78, 5) is 10.5. The lowest BCUT2D eigenvalue weighted by Crippen LogP contribution is -2.32. The standard InChI is InChI=1S/C9H11NO4S.C3H6O/c1-10(9(11)12)15(13,14)7-8-5-3-2-4-6-8;1-3-2-4-3/h2-6H,7H2,1H3,(H,11,12);3H,2H2,1H3. The van der Waals surface area contributed by atoms with Gasteiger partial charge >= 0.3 is 6.09 Å². The minimum absolute atomic E-state index is 0.309. The van der Waals surface area contributed by atoms with Crippen LogP contribution in [-0.4, -0.2) is 43.7 Å². The largest absolute Gasteiger partial charge is 0.464 e. The third kappa shape index (κ3) is 5.71. The molecule has 0 aromatic heterocycles. The lowest BCUT2D eigenvalue weighted by Gasteiger charge is -2.13. The first-order chi connectivity index (χ1) is 8.83. The summed E-state index contributed by atoms with van der Waals surface area (Å²) in [5, 5.41) is 8.54. The predicted octanol–water partition coefficient (Wildman–Crippen LogP) is 1.53. The van der Waals surface area contributed by atoms with Crippen LogP contribution >= 0.6 is 0 Å². The van der Waals surface area contributed by atoms with Gasteiger partial charge < -0.3 is 9.84 Å². The summed E-state index contributed by atoms with van der Waals surface area (Å²) in [6.07, 6.45) is -0.897. The maximum atomic E-state index is 11.5. The number of sulfonamides is 1. The van der Waals surface area contributed by atoms with Crippen LogP contribution < -0.4 is 0 Å². The van der Waals surface area contributed by atoms with Crippen LogP contribution in [0.2, 0.25) is 0 Å². The molecule has 0 aliphatic carbocycles. The molecule has 1 aliphatic rings. The van der Waals surface area contributed by atoms with Crippen molar-refractivity contribution in [3.05, 3.63) is 35.9 Å². The summed E-state index contributed by atoms with van der Waals surface area (Å²) in [6.45, 7) is 3.04. The highest BCUT2D eigenvalue weighted by atomic mass is 32.2. The van der Waals surface area contributed by atoms with Crippen LogP contribution in [0.5, 0.6) is 0 Å². The average molecular weight is 287 g/mol. The molecule has 0 spiro atoms.